The predicted molar refractivity (Wildman–Crippen MR) is 66.3 cm³/mol. The number of carbonyl (C=O) groups is 2. The van der Waals surface area contributed by atoms with Gasteiger partial charge in [-0.05, 0) is 11.6 Å². The Hall–Kier alpha value is -2.30. The molecule has 1 aromatic heterocycles. The molecule has 2 heterocycles. The first-order chi connectivity index (χ1) is 8.69. The molecule has 1 amide bonds. The average molecular weight is 244 g/mol. The van der Waals surface area contributed by atoms with Crippen LogP contribution in [0.5, 0.6) is 0 Å². The van der Waals surface area contributed by atoms with Crippen LogP contribution in [-0.4, -0.2) is 23.6 Å². The Morgan fingerprint density at radius 3 is 3.11 bits per heavy atom. The summed E-state index contributed by atoms with van der Waals surface area (Å²) in [6, 6.07) is 5.77. The van der Waals surface area contributed by atoms with Crippen molar-refractivity contribution in [3.05, 3.63) is 30.0 Å². The number of amides is 1. The Kier molecular flexibility index (Phi) is 2.33. The zero-order chi connectivity index (χ0) is 12.7. The van der Waals surface area contributed by atoms with Crippen LogP contribution in [-0.2, 0) is 27.3 Å². The second-order valence-corrected chi connectivity index (χ2v) is 4.28. The highest BCUT2D eigenvalue weighted by Crippen LogP contribution is 2.32. The molecule has 1 aliphatic heterocycles. The summed E-state index contributed by atoms with van der Waals surface area (Å²) in [5.41, 5.74) is 2.70. The van der Waals surface area contributed by atoms with Gasteiger partial charge in [-0.3, -0.25) is 9.59 Å². The fourth-order valence-electron chi connectivity index (χ4n) is 2.37. The van der Waals surface area contributed by atoms with Crippen molar-refractivity contribution in [1.82, 2.24) is 4.57 Å². The molecule has 5 heteroatoms. The first kappa shape index (κ1) is 10.8. The number of aromatic nitrogens is 1. The zero-order valence-electron chi connectivity index (χ0n) is 9.90. The van der Waals surface area contributed by atoms with Gasteiger partial charge in [0.05, 0.1) is 24.7 Å². The minimum atomic E-state index is -0.311. The molecule has 0 spiro atoms. The van der Waals surface area contributed by atoms with E-state index in [0.29, 0.717) is 6.42 Å². The van der Waals surface area contributed by atoms with Crippen molar-refractivity contribution in [2.24, 2.45) is 0 Å². The highest BCUT2D eigenvalue weighted by molar-refractivity contribution is 6.09. The predicted octanol–water partition coefficient (Wildman–Crippen LogP) is 1.31. The molecular formula is C13H12N2O3. The molecule has 5 nitrogen and oxygen atoms in total. The molecule has 0 radical (unpaired) electrons. The summed E-state index contributed by atoms with van der Waals surface area (Å²) >= 11 is 0. The van der Waals surface area contributed by atoms with Gasteiger partial charge in [0.15, 0.2) is 0 Å². The van der Waals surface area contributed by atoms with Gasteiger partial charge in [0.1, 0.15) is 6.54 Å². The largest absolute Gasteiger partial charge is 0.468 e. The van der Waals surface area contributed by atoms with Crippen molar-refractivity contribution in [2.45, 2.75) is 13.0 Å². The van der Waals surface area contributed by atoms with Crippen molar-refractivity contribution < 1.29 is 14.3 Å². The van der Waals surface area contributed by atoms with Crippen LogP contribution in [0.2, 0.25) is 0 Å². The van der Waals surface area contributed by atoms with E-state index in [1.807, 2.05) is 18.2 Å². The van der Waals surface area contributed by atoms with E-state index < -0.39 is 0 Å². The Morgan fingerprint density at radius 2 is 2.33 bits per heavy atom. The molecule has 0 aliphatic carbocycles. The summed E-state index contributed by atoms with van der Waals surface area (Å²) in [4.78, 5) is 22.9. The van der Waals surface area contributed by atoms with E-state index >= 15 is 0 Å². The number of ether oxygens (including phenoxy) is 1. The first-order valence-corrected chi connectivity index (χ1v) is 5.66. The monoisotopic (exact) mass is 244 g/mol. The zero-order valence-corrected chi connectivity index (χ0v) is 9.90. The highest BCUT2D eigenvalue weighted by atomic mass is 16.5. The number of hydrogen-bond donors (Lipinski definition) is 1. The molecule has 18 heavy (non-hydrogen) atoms. The minimum Gasteiger partial charge on any atom is -0.468 e. The molecule has 92 valence electrons. The van der Waals surface area contributed by atoms with E-state index in [0.717, 1.165) is 22.2 Å². The number of methoxy groups -OCH3 is 1. The van der Waals surface area contributed by atoms with E-state index in [4.69, 9.17) is 0 Å². The maximum atomic E-state index is 11.5. The van der Waals surface area contributed by atoms with Crippen LogP contribution in [0.25, 0.3) is 10.9 Å². The van der Waals surface area contributed by atoms with Gasteiger partial charge < -0.3 is 14.6 Å². The van der Waals surface area contributed by atoms with Crippen LogP contribution in [0, 0.1) is 0 Å². The van der Waals surface area contributed by atoms with Crippen LogP contribution in [0.3, 0.4) is 0 Å². The molecular weight excluding hydrogens is 232 g/mol. The van der Waals surface area contributed by atoms with Gasteiger partial charge in [-0.15, -0.1) is 0 Å². The van der Waals surface area contributed by atoms with Gasteiger partial charge in [-0.25, -0.2) is 0 Å². The Bertz CT molecular complexity index is 658. The van der Waals surface area contributed by atoms with Crippen LogP contribution in [0.1, 0.15) is 5.56 Å². The molecule has 1 aliphatic rings. The number of rotatable bonds is 2. The maximum Gasteiger partial charge on any atom is 0.325 e. The van der Waals surface area contributed by atoms with Crippen LogP contribution < -0.4 is 5.32 Å². The maximum absolute atomic E-state index is 11.5. The summed E-state index contributed by atoms with van der Waals surface area (Å²) in [7, 11) is 1.36. The topological polar surface area (TPSA) is 60.3 Å². The van der Waals surface area contributed by atoms with Crippen molar-refractivity contribution in [1.29, 1.82) is 0 Å². The summed E-state index contributed by atoms with van der Waals surface area (Å²) < 4.78 is 6.46. The van der Waals surface area contributed by atoms with E-state index in [1.54, 1.807) is 10.8 Å². The van der Waals surface area contributed by atoms with E-state index in [-0.39, 0.29) is 18.4 Å². The number of nitrogens with zero attached hydrogens (tertiary/aromatic N) is 1. The van der Waals surface area contributed by atoms with Gasteiger partial charge in [0, 0.05) is 11.6 Å². The van der Waals surface area contributed by atoms with Gasteiger partial charge >= 0.3 is 5.97 Å². The second kappa shape index (κ2) is 3.87. The van der Waals surface area contributed by atoms with Gasteiger partial charge in [0.25, 0.3) is 0 Å². The fourth-order valence-corrected chi connectivity index (χ4v) is 2.37. The summed E-state index contributed by atoms with van der Waals surface area (Å²) in [5.74, 6) is -0.333. The smallest absolute Gasteiger partial charge is 0.325 e. The van der Waals surface area contributed by atoms with Crippen molar-refractivity contribution in [3.63, 3.8) is 0 Å². The minimum absolute atomic E-state index is 0.0224. The molecule has 0 saturated carbocycles. The van der Waals surface area contributed by atoms with Gasteiger partial charge in [-0.2, -0.15) is 0 Å². The summed E-state index contributed by atoms with van der Waals surface area (Å²) in [6.07, 6.45) is 2.16. The van der Waals surface area contributed by atoms with Gasteiger partial charge in [-0.1, -0.05) is 12.1 Å². The Morgan fingerprint density at radius 1 is 1.50 bits per heavy atom. The lowest BCUT2D eigenvalue weighted by atomic mass is 10.0. The lowest BCUT2D eigenvalue weighted by molar-refractivity contribution is -0.141. The molecule has 0 bridgehead atoms. The molecule has 3 rings (SSSR count). The fraction of sp³-hybridized carbons (Fsp3) is 0.231. The number of anilines is 1. The highest BCUT2D eigenvalue weighted by Gasteiger charge is 2.21. The third-order valence-corrected chi connectivity index (χ3v) is 3.14. The Labute approximate surface area is 103 Å². The molecule has 1 aromatic carbocycles. The summed E-state index contributed by atoms with van der Waals surface area (Å²) in [5, 5.41) is 3.84. The van der Waals surface area contributed by atoms with E-state index in [2.05, 4.69) is 10.1 Å². The molecule has 0 atom stereocenters. The van der Waals surface area contributed by atoms with E-state index in [9.17, 15) is 9.59 Å². The molecule has 0 fully saturated rings. The number of hydrogen-bond acceptors (Lipinski definition) is 3. The third-order valence-electron chi connectivity index (χ3n) is 3.14. The number of benzene rings is 1. The normalized spacial score (nSPS) is 13.5. The van der Waals surface area contributed by atoms with Crippen LogP contribution >= 0.6 is 0 Å². The SMILES string of the molecule is COC(=O)Cn1cc2c3c(cccc31)CC(=O)N2. The molecule has 2 aromatic rings. The molecule has 0 saturated heterocycles. The molecule has 1 N–H and O–H groups in total. The second-order valence-electron chi connectivity index (χ2n) is 4.28. The standard InChI is InChI=1S/C13H12N2O3/c1-18-12(17)7-15-6-9-13-8(5-11(16)14-9)3-2-4-10(13)15/h2-4,6H,5,7H2,1H3,(H,14,16). The van der Waals surface area contributed by atoms with Crippen molar-refractivity contribution in [2.75, 3.05) is 12.4 Å². The lowest BCUT2D eigenvalue weighted by Gasteiger charge is -2.12. The quantitative estimate of drug-likeness (QED) is 0.810. The van der Waals surface area contributed by atoms with Gasteiger partial charge in [0.2, 0.25) is 5.91 Å². The third kappa shape index (κ3) is 1.55. The average Bonchev–Trinajstić information content (AvgIpc) is 2.69. The Balaban J connectivity index is 2.16. The summed E-state index contributed by atoms with van der Waals surface area (Å²) in [6.45, 7) is 0.145. The van der Waals surface area contributed by atoms with Crippen molar-refractivity contribution in [3.8, 4) is 0 Å². The van der Waals surface area contributed by atoms with E-state index in [1.165, 1.54) is 7.11 Å². The number of esters is 1. The van der Waals surface area contributed by atoms with Crippen LogP contribution in [0.15, 0.2) is 24.4 Å². The number of nitrogens with one attached hydrogen (secondary N) is 1. The lowest BCUT2D eigenvalue weighted by Crippen LogP contribution is -2.18. The molecule has 0 unspecified atom stereocenters. The van der Waals surface area contributed by atoms with Crippen LogP contribution in [0.4, 0.5) is 5.69 Å². The number of carbonyl (C=O) groups excluding carboxylic acids is 2. The first-order valence-electron chi connectivity index (χ1n) is 5.66. The van der Waals surface area contributed by atoms with Crippen molar-refractivity contribution >= 4 is 28.5 Å².